The summed E-state index contributed by atoms with van der Waals surface area (Å²) in [6.45, 7) is 1.50. The van der Waals surface area contributed by atoms with E-state index in [1.54, 1.807) is 4.68 Å². The second kappa shape index (κ2) is 10.4. The Balaban J connectivity index is 1.07. The lowest BCUT2D eigenvalue weighted by molar-refractivity contribution is 0.396. The normalized spacial score (nSPS) is 13.0. The van der Waals surface area contributed by atoms with Crippen molar-refractivity contribution < 1.29 is 0 Å². The highest BCUT2D eigenvalue weighted by atomic mass is 15.4. The van der Waals surface area contributed by atoms with E-state index < -0.39 is 0 Å². The van der Waals surface area contributed by atoms with Gasteiger partial charge in [0.05, 0.1) is 57.6 Å². The predicted molar refractivity (Wildman–Crippen MR) is 162 cm³/mol. The maximum atomic E-state index is 4.92. The first-order chi connectivity index (χ1) is 20.4. The fraction of sp³-hybridized carbons (Fsp3) is 0.226. The van der Waals surface area contributed by atoms with E-state index in [1.165, 1.54) is 5.56 Å². The number of aliphatic imine (C=N–C) groups is 1. The number of aromatic nitrogens is 8. The molecule has 1 aliphatic heterocycles. The maximum absolute atomic E-state index is 4.92. The third-order valence-electron chi connectivity index (χ3n) is 7.20. The van der Waals surface area contributed by atoms with Gasteiger partial charge in [-0.1, -0.05) is 34.7 Å². The molecule has 0 saturated heterocycles. The van der Waals surface area contributed by atoms with Gasteiger partial charge in [-0.15, -0.1) is 10.2 Å². The lowest BCUT2D eigenvalue weighted by atomic mass is 10.0. The second-order valence-electron chi connectivity index (χ2n) is 11.2. The standard InChI is InChI=1S/C31H31N11/c1-39(2)16-23-18-41(37-35-23)25-9-11-27-22(13-25)14-29(32-27)20-5-7-21(8-6-20)31-33-28-12-10-26(15-30(28)34-31)42-19-24(36-38-42)17-40(3)4/h5-13,15,18-19H,14,16-17H2,1-4H3,(H,33,34). The summed E-state index contributed by atoms with van der Waals surface area (Å²) in [6, 6.07) is 20.7. The Kier molecular flexibility index (Phi) is 6.45. The highest BCUT2D eigenvalue weighted by Crippen LogP contribution is 2.31. The molecule has 0 radical (unpaired) electrons. The molecule has 1 N–H and O–H groups in total. The summed E-state index contributed by atoms with van der Waals surface area (Å²) in [4.78, 5) is 17.4. The largest absolute Gasteiger partial charge is 0.338 e. The van der Waals surface area contributed by atoms with Gasteiger partial charge in [0.25, 0.3) is 0 Å². The molecule has 1 aliphatic rings. The Labute approximate surface area is 243 Å². The Morgan fingerprint density at radius 1 is 0.738 bits per heavy atom. The molecule has 42 heavy (non-hydrogen) atoms. The van der Waals surface area contributed by atoms with Crippen LogP contribution in [-0.4, -0.2) is 83.7 Å². The average Bonchev–Trinajstić information content (AvgIpc) is 3.77. The fourth-order valence-electron chi connectivity index (χ4n) is 5.24. The number of benzene rings is 3. The molecular formula is C31H31N11. The van der Waals surface area contributed by atoms with Gasteiger partial charge in [-0.05, 0) is 75.7 Å². The highest BCUT2D eigenvalue weighted by molar-refractivity contribution is 6.06. The van der Waals surface area contributed by atoms with Crippen LogP contribution in [0.15, 0.2) is 78.0 Å². The Bertz CT molecular complexity index is 1920. The van der Waals surface area contributed by atoms with Crippen LogP contribution in [0.2, 0.25) is 0 Å². The van der Waals surface area contributed by atoms with Gasteiger partial charge in [0.15, 0.2) is 0 Å². The van der Waals surface area contributed by atoms with Crippen molar-refractivity contribution >= 4 is 22.4 Å². The van der Waals surface area contributed by atoms with Crippen molar-refractivity contribution in [2.45, 2.75) is 19.5 Å². The van der Waals surface area contributed by atoms with Crippen molar-refractivity contribution in [3.8, 4) is 22.8 Å². The number of rotatable bonds is 8. The first-order valence-corrected chi connectivity index (χ1v) is 13.8. The smallest absolute Gasteiger partial charge is 0.138 e. The Hall–Kier alpha value is -5.00. The summed E-state index contributed by atoms with van der Waals surface area (Å²) in [5, 5.41) is 17.2. The molecule has 4 heterocycles. The van der Waals surface area contributed by atoms with Gasteiger partial charge in [0, 0.05) is 25.1 Å². The van der Waals surface area contributed by atoms with Crippen molar-refractivity contribution in [3.05, 3.63) is 95.6 Å². The highest BCUT2D eigenvalue weighted by Gasteiger charge is 2.18. The van der Waals surface area contributed by atoms with Crippen molar-refractivity contribution in [2.24, 2.45) is 4.99 Å². The van der Waals surface area contributed by atoms with E-state index in [2.05, 4.69) is 77.9 Å². The zero-order chi connectivity index (χ0) is 28.8. The molecule has 0 fully saturated rings. The van der Waals surface area contributed by atoms with Gasteiger partial charge < -0.3 is 14.8 Å². The quantitative estimate of drug-likeness (QED) is 0.299. The molecule has 0 atom stereocenters. The maximum Gasteiger partial charge on any atom is 0.138 e. The number of aromatic amines is 1. The van der Waals surface area contributed by atoms with Crippen LogP contribution in [0.5, 0.6) is 0 Å². The summed E-state index contributed by atoms with van der Waals surface area (Å²) < 4.78 is 3.63. The number of H-pyrrole nitrogens is 1. The molecule has 3 aromatic heterocycles. The number of imidazole rings is 1. The van der Waals surface area contributed by atoms with Crippen LogP contribution in [0, 0.1) is 0 Å². The van der Waals surface area contributed by atoms with E-state index >= 15 is 0 Å². The Morgan fingerprint density at radius 2 is 1.36 bits per heavy atom. The Morgan fingerprint density at radius 3 is 2.02 bits per heavy atom. The molecule has 11 heteroatoms. The number of fused-ring (bicyclic) bond motifs is 2. The monoisotopic (exact) mass is 557 g/mol. The van der Waals surface area contributed by atoms with Crippen LogP contribution in [0.3, 0.4) is 0 Å². The number of hydrogen-bond donors (Lipinski definition) is 1. The second-order valence-corrected chi connectivity index (χ2v) is 11.2. The van der Waals surface area contributed by atoms with Gasteiger partial charge >= 0.3 is 0 Å². The van der Waals surface area contributed by atoms with Crippen molar-refractivity contribution in [1.82, 2.24) is 49.8 Å². The number of nitrogens with zero attached hydrogens (tertiary/aromatic N) is 10. The van der Waals surface area contributed by atoms with Crippen LogP contribution in [0.1, 0.15) is 22.5 Å². The topological polar surface area (TPSA) is 109 Å². The van der Waals surface area contributed by atoms with E-state index in [9.17, 15) is 0 Å². The van der Waals surface area contributed by atoms with Gasteiger partial charge in [-0.25, -0.2) is 14.3 Å². The van der Waals surface area contributed by atoms with Crippen LogP contribution >= 0.6 is 0 Å². The lowest BCUT2D eigenvalue weighted by Crippen LogP contribution is -2.10. The van der Waals surface area contributed by atoms with Crippen LogP contribution < -0.4 is 0 Å². The zero-order valence-corrected chi connectivity index (χ0v) is 24.0. The number of nitrogens with one attached hydrogen (secondary N) is 1. The summed E-state index contributed by atoms with van der Waals surface area (Å²) >= 11 is 0. The molecule has 7 rings (SSSR count). The van der Waals surface area contributed by atoms with Crippen LogP contribution in [0.25, 0.3) is 33.8 Å². The molecule has 210 valence electrons. The van der Waals surface area contributed by atoms with E-state index in [1.807, 2.05) is 63.5 Å². The molecule has 11 nitrogen and oxygen atoms in total. The third kappa shape index (κ3) is 5.11. The van der Waals surface area contributed by atoms with E-state index in [-0.39, 0.29) is 0 Å². The molecule has 0 spiro atoms. The molecule has 0 bridgehead atoms. The first kappa shape index (κ1) is 25.9. The number of hydrogen-bond acceptors (Lipinski definition) is 8. The molecule has 0 saturated carbocycles. The molecule has 0 amide bonds. The fourth-order valence-corrected chi connectivity index (χ4v) is 5.24. The molecule has 0 unspecified atom stereocenters. The molecular weight excluding hydrogens is 526 g/mol. The predicted octanol–water partition coefficient (Wildman–Crippen LogP) is 4.19. The lowest BCUT2D eigenvalue weighted by Gasteiger charge is -2.05. The average molecular weight is 558 g/mol. The molecule has 3 aromatic carbocycles. The summed E-state index contributed by atoms with van der Waals surface area (Å²) in [7, 11) is 8.08. The van der Waals surface area contributed by atoms with Gasteiger partial charge in [-0.3, -0.25) is 4.99 Å². The minimum Gasteiger partial charge on any atom is -0.338 e. The molecule has 6 aromatic rings. The van der Waals surface area contributed by atoms with Gasteiger partial charge in [0.1, 0.15) is 5.82 Å². The van der Waals surface area contributed by atoms with Gasteiger partial charge in [0.2, 0.25) is 0 Å². The minimum atomic E-state index is 0.743. The van der Waals surface area contributed by atoms with E-state index in [0.717, 1.165) is 81.7 Å². The summed E-state index contributed by atoms with van der Waals surface area (Å²) in [5.41, 5.74) is 11.0. The van der Waals surface area contributed by atoms with Crippen molar-refractivity contribution in [2.75, 3.05) is 28.2 Å². The summed E-state index contributed by atoms with van der Waals surface area (Å²) in [6.07, 6.45) is 4.71. The molecule has 0 aliphatic carbocycles. The van der Waals surface area contributed by atoms with Crippen molar-refractivity contribution in [3.63, 3.8) is 0 Å². The van der Waals surface area contributed by atoms with Gasteiger partial charge in [-0.2, -0.15) is 0 Å². The van der Waals surface area contributed by atoms with E-state index in [4.69, 9.17) is 9.98 Å². The minimum absolute atomic E-state index is 0.743. The van der Waals surface area contributed by atoms with Crippen LogP contribution in [-0.2, 0) is 19.5 Å². The van der Waals surface area contributed by atoms with Crippen LogP contribution in [0.4, 0.5) is 5.69 Å². The first-order valence-electron chi connectivity index (χ1n) is 13.8. The zero-order valence-electron chi connectivity index (χ0n) is 24.0. The third-order valence-corrected chi connectivity index (χ3v) is 7.20. The SMILES string of the molecule is CN(C)Cc1cn(-c2ccc3c(c2)CC(c2ccc(-c4nc5ccc(-n6cc(CN(C)C)nn6)cc5[nH]4)cc2)=N3)nn1. The summed E-state index contributed by atoms with van der Waals surface area (Å²) in [5.74, 6) is 0.823. The van der Waals surface area contributed by atoms with E-state index in [0.29, 0.717) is 0 Å². The van der Waals surface area contributed by atoms with Crippen molar-refractivity contribution in [1.29, 1.82) is 0 Å².